The third-order valence-electron chi connectivity index (χ3n) is 3.77. The molecule has 122 valence electrons. The maximum absolute atomic E-state index is 12.4. The number of nitrogens with two attached hydrogens (primary N) is 1. The first kappa shape index (κ1) is 18.6. The van der Waals surface area contributed by atoms with Crippen LogP contribution in [-0.4, -0.2) is 27.4 Å². The highest BCUT2D eigenvalue weighted by molar-refractivity contribution is 7.59. The lowest BCUT2D eigenvalue weighted by molar-refractivity contribution is -0.141. The van der Waals surface area contributed by atoms with Gasteiger partial charge in [-0.15, -0.1) is 0 Å². The second kappa shape index (κ2) is 8.28. The van der Waals surface area contributed by atoms with E-state index in [1.807, 2.05) is 36.4 Å². The van der Waals surface area contributed by atoms with Gasteiger partial charge in [0, 0.05) is 0 Å². The van der Waals surface area contributed by atoms with Gasteiger partial charge in [-0.3, -0.25) is 9.36 Å². The van der Waals surface area contributed by atoms with Crippen LogP contribution in [0.5, 0.6) is 0 Å². The van der Waals surface area contributed by atoms with Crippen LogP contribution in [0, 0.1) is 5.92 Å². The summed E-state index contributed by atoms with van der Waals surface area (Å²) in [5.41, 5.74) is 5.82. The van der Waals surface area contributed by atoms with Crippen molar-refractivity contribution in [3.63, 3.8) is 0 Å². The Kier molecular flexibility index (Phi) is 7.01. The fourth-order valence-electron chi connectivity index (χ4n) is 2.21. The molecule has 0 spiro atoms. The van der Waals surface area contributed by atoms with Gasteiger partial charge in [0.15, 0.2) is 0 Å². The number of rotatable bonds is 8. The minimum Gasteiger partial charge on any atom is -0.481 e. The number of carbonyl (C=O) groups is 1. The number of hydrogen-bond acceptors (Lipinski definition) is 3. The number of aliphatic carboxylic acids is 1. The van der Waals surface area contributed by atoms with E-state index in [0.29, 0.717) is 6.42 Å². The molecule has 4 N–H and O–H groups in total. The van der Waals surface area contributed by atoms with Crippen LogP contribution >= 0.6 is 7.37 Å². The molecule has 0 amide bonds. The van der Waals surface area contributed by atoms with Gasteiger partial charge in [-0.2, -0.15) is 0 Å². The van der Waals surface area contributed by atoms with Crippen LogP contribution in [0.4, 0.5) is 0 Å². The van der Waals surface area contributed by atoms with Crippen molar-refractivity contribution in [1.82, 2.24) is 0 Å². The molecule has 0 saturated carbocycles. The molecule has 0 aromatic heterocycles. The summed E-state index contributed by atoms with van der Waals surface area (Å²) in [6.45, 7) is 2.89. The molecular weight excluding hydrogens is 301 g/mol. The van der Waals surface area contributed by atoms with Crippen LogP contribution < -0.4 is 5.73 Å². The van der Waals surface area contributed by atoms with Crippen molar-refractivity contribution in [1.29, 1.82) is 0 Å². The van der Waals surface area contributed by atoms with Gasteiger partial charge < -0.3 is 15.7 Å². The van der Waals surface area contributed by atoms with Crippen LogP contribution in [-0.2, 0) is 15.8 Å². The number of allylic oxidation sites excluding steroid dienone is 2. The summed E-state index contributed by atoms with van der Waals surface area (Å²) in [5, 5.41) is 9.13. The van der Waals surface area contributed by atoms with Crippen LogP contribution in [0.25, 0.3) is 0 Å². The van der Waals surface area contributed by atoms with E-state index in [2.05, 4.69) is 0 Å². The first-order valence-corrected chi connectivity index (χ1v) is 9.06. The van der Waals surface area contributed by atoms with Crippen molar-refractivity contribution < 1.29 is 19.4 Å². The summed E-state index contributed by atoms with van der Waals surface area (Å²) in [6, 6.07) is 9.79. The lowest BCUT2D eigenvalue weighted by Crippen LogP contribution is -2.31. The standard InChI is InChI=1S/C16H24NO4P/c1-12(16(18)19)15(22(20,21)13(2)17)11-7-6-10-14-8-4-3-5-9-14/h3-9,12-13,15H,10-11,17H2,1-2H3,(H,18,19)(H,20,21). The van der Waals surface area contributed by atoms with Crippen LogP contribution in [0.15, 0.2) is 42.5 Å². The fraction of sp³-hybridized carbons (Fsp3) is 0.438. The SMILES string of the molecule is CC(C(=O)O)C(CC=CCc1ccccc1)P(=O)(O)C(C)N. The monoisotopic (exact) mass is 325 g/mol. The smallest absolute Gasteiger partial charge is 0.307 e. The van der Waals surface area contributed by atoms with E-state index in [9.17, 15) is 14.3 Å². The Morgan fingerprint density at radius 3 is 2.36 bits per heavy atom. The summed E-state index contributed by atoms with van der Waals surface area (Å²) < 4.78 is 12.4. The molecule has 0 fully saturated rings. The van der Waals surface area contributed by atoms with Crippen LogP contribution in [0.2, 0.25) is 0 Å². The summed E-state index contributed by atoms with van der Waals surface area (Å²) in [5.74, 6) is -2.96. The molecule has 22 heavy (non-hydrogen) atoms. The normalized spacial score (nSPS) is 18.5. The quantitative estimate of drug-likeness (QED) is 0.504. The molecule has 0 radical (unpaired) electrons. The van der Waals surface area contributed by atoms with Crippen molar-refractivity contribution in [3.8, 4) is 0 Å². The number of benzene rings is 1. The second-order valence-electron chi connectivity index (χ2n) is 5.50. The molecule has 0 aliphatic carbocycles. The van der Waals surface area contributed by atoms with E-state index in [1.54, 1.807) is 6.08 Å². The van der Waals surface area contributed by atoms with E-state index in [1.165, 1.54) is 13.8 Å². The highest BCUT2D eigenvalue weighted by atomic mass is 31.2. The van der Waals surface area contributed by atoms with Gasteiger partial charge in [0.25, 0.3) is 0 Å². The largest absolute Gasteiger partial charge is 0.481 e. The lowest BCUT2D eigenvalue weighted by atomic mass is 10.0. The highest BCUT2D eigenvalue weighted by Crippen LogP contribution is 2.53. The Bertz CT molecular complexity index is 557. The molecule has 4 unspecified atom stereocenters. The Morgan fingerprint density at radius 1 is 1.27 bits per heavy atom. The first-order chi connectivity index (χ1) is 10.3. The van der Waals surface area contributed by atoms with E-state index in [0.717, 1.165) is 5.56 Å². The zero-order valence-electron chi connectivity index (χ0n) is 12.9. The maximum atomic E-state index is 12.4. The Balaban J connectivity index is 2.77. The third kappa shape index (κ3) is 5.09. The van der Waals surface area contributed by atoms with Gasteiger partial charge in [-0.1, -0.05) is 49.4 Å². The molecule has 4 atom stereocenters. The van der Waals surface area contributed by atoms with Gasteiger partial charge in [0.05, 0.1) is 17.4 Å². The van der Waals surface area contributed by atoms with E-state index >= 15 is 0 Å². The zero-order valence-corrected chi connectivity index (χ0v) is 13.8. The number of hydrogen-bond donors (Lipinski definition) is 3. The molecule has 5 nitrogen and oxygen atoms in total. The summed E-state index contributed by atoms with van der Waals surface area (Å²) >= 11 is 0. The predicted molar refractivity (Wildman–Crippen MR) is 88.0 cm³/mol. The fourth-order valence-corrected chi connectivity index (χ4v) is 4.01. The van der Waals surface area contributed by atoms with Crippen molar-refractivity contribution in [2.24, 2.45) is 11.7 Å². The molecule has 0 aliphatic heterocycles. The molecule has 0 heterocycles. The highest BCUT2D eigenvalue weighted by Gasteiger charge is 2.40. The molecule has 1 aromatic rings. The van der Waals surface area contributed by atoms with Crippen molar-refractivity contribution in [2.45, 2.75) is 38.1 Å². The average Bonchev–Trinajstić information content (AvgIpc) is 2.47. The van der Waals surface area contributed by atoms with Crippen molar-refractivity contribution in [3.05, 3.63) is 48.0 Å². The molecule has 1 rings (SSSR count). The third-order valence-corrected chi connectivity index (χ3v) is 6.54. The lowest BCUT2D eigenvalue weighted by Gasteiger charge is -2.27. The Labute approximate surface area is 131 Å². The molecular formula is C16H24NO4P. The maximum Gasteiger partial charge on any atom is 0.307 e. The second-order valence-corrected chi connectivity index (χ2v) is 8.33. The minimum atomic E-state index is -3.75. The molecule has 1 aromatic carbocycles. The Hall–Kier alpha value is -1.42. The average molecular weight is 325 g/mol. The van der Waals surface area contributed by atoms with Gasteiger partial charge in [0.1, 0.15) is 0 Å². The first-order valence-electron chi connectivity index (χ1n) is 7.26. The minimum absolute atomic E-state index is 0.218. The number of carboxylic acid groups (broad SMARTS) is 1. The van der Waals surface area contributed by atoms with Gasteiger partial charge >= 0.3 is 5.97 Å². The summed E-state index contributed by atoms with van der Waals surface area (Å²) in [6.07, 6.45) is 4.57. The summed E-state index contributed by atoms with van der Waals surface area (Å²) in [7, 11) is -3.75. The van der Waals surface area contributed by atoms with Gasteiger partial charge in [-0.05, 0) is 25.3 Å². The van der Waals surface area contributed by atoms with Crippen LogP contribution in [0.1, 0.15) is 25.8 Å². The predicted octanol–water partition coefficient (Wildman–Crippen LogP) is 2.84. The molecule has 0 aliphatic rings. The van der Waals surface area contributed by atoms with Crippen LogP contribution in [0.3, 0.4) is 0 Å². The molecule has 0 saturated heterocycles. The topological polar surface area (TPSA) is 101 Å². The molecule has 6 heteroatoms. The number of carboxylic acids is 1. The van der Waals surface area contributed by atoms with E-state index < -0.39 is 30.7 Å². The van der Waals surface area contributed by atoms with Gasteiger partial charge in [-0.25, -0.2) is 0 Å². The van der Waals surface area contributed by atoms with Gasteiger partial charge in [0.2, 0.25) is 7.37 Å². The summed E-state index contributed by atoms with van der Waals surface area (Å²) in [4.78, 5) is 21.3. The van der Waals surface area contributed by atoms with E-state index in [4.69, 9.17) is 10.8 Å². The zero-order chi connectivity index (χ0) is 16.8. The van der Waals surface area contributed by atoms with Crippen molar-refractivity contribution in [2.75, 3.05) is 0 Å². The molecule has 0 bridgehead atoms. The Morgan fingerprint density at radius 2 is 1.86 bits per heavy atom. The van der Waals surface area contributed by atoms with E-state index in [-0.39, 0.29) is 6.42 Å². The van der Waals surface area contributed by atoms with Crippen molar-refractivity contribution >= 4 is 13.3 Å².